The third-order valence-electron chi connectivity index (χ3n) is 2.10. The zero-order valence-corrected chi connectivity index (χ0v) is 9.01. The van der Waals surface area contributed by atoms with Crippen molar-refractivity contribution in [2.75, 3.05) is 7.11 Å². The zero-order valence-electron chi connectivity index (χ0n) is 9.01. The smallest absolute Gasteiger partial charge is 0.419 e. The molecule has 0 saturated heterocycles. The Morgan fingerprint density at radius 2 is 2.00 bits per heavy atom. The Bertz CT molecular complexity index is 359. The highest BCUT2D eigenvalue weighted by Gasteiger charge is 2.34. The van der Waals surface area contributed by atoms with Gasteiger partial charge in [0.15, 0.2) is 0 Å². The maximum atomic E-state index is 12.5. The van der Waals surface area contributed by atoms with Gasteiger partial charge in [-0.2, -0.15) is 13.2 Å². The number of hydrogen-bond acceptors (Lipinski definition) is 2. The molecule has 0 radical (unpaired) electrons. The second-order valence-corrected chi connectivity index (χ2v) is 3.59. The fourth-order valence-electron chi connectivity index (χ4n) is 1.44. The van der Waals surface area contributed by atoms with Crippen LogP contribution < -0.4 is 4.74 Å². The quantitative estimate of drug-likeness (QED) is 0.871. The summed E-state index contributed by atoms with van der Waals surface area (Å²) >= 11 is 0. The minimum Gasteiger partial charge on any atom is -0.496 e. The van der Waals surface area contributed by atoms with Gasteiger partial charge in [0.1, 0.15) is 5.75 Å². The van der Waals surface area contributed by atoms with Crippen molar-refractivity contribution < 1.29 is 23.0 Å². The molecule has 0 aliphatic rings. The third kappa shape index (κ3) is 3.13. The van der Waals surface area contributed by atoms with E-state index in [2.05, 4.69) is 0 Å². The lowest BCUT2D eigenvalue weighted by Gasteiger charge is -2.13. The van der Waals surface area contributed by atoms with Gasteiger partial charge in [0.05, 0.1) is 18.8 Å². The predicted molar refractivity (Wildman–Crippen MR) is 53.4 cm³/mol. The lowest BCUT2D eigenvalue weighted by atomic mass is 10.1. The van der Waals surface area contributed by atoms with E-state index in [9.17, 15) is 13.2 Å². The number of methoxy groups -OCH3 is 1. The summed E-state index contributed by atoms with van der Waals surface area (Å²) in [6, 6.07) is 3.62. The summed E-state index contributed by atoms with van der Waals surface area (Å²) < 4.78 is 42.2. The molecule has 2 nitrogen and oxygen atoms in total. The fourth-order valence-corrected chi connectivity index (χ4v) is 1.44. The predicted octanol–water partition coefficient (Wildman–Crippen LogP) is 2.64. The molecule has 1 aromatic carbocycles. The lowest BCUT2D eigenvalue weighted by Crippen LogP contribution is -2.09. The molecule has 1 rings (SSSR count). The van der Waals surface area contributed by atoms with Gasteiger partial charge in [-0.25, -0.2) is 0 Å². The van der Waals surface area contributed by atoms with Gasteiger partial charge in [0, 0.05) is 0 Å². The molecule has 0 fully saturated rings. The van der Waals surface area contributed by atoms with E-state index in [4.69, 9.17) is 9.84 Å². The molecule has 16 heavy (non-hydrogen) atoms. The summed E-state index contributed by atoms with van der Waals surface area (Å²) in [5.41, 5.74) is -0.191. The molecule has 1 aromatic rings. The number of aliphatic hydroxyl groups excluding tert-OH is 1. The van der Waals surface area contributed by atoms with Gasteiger partial charge in [0.2, 0.25) is 0 Å². The van der Waals surface area contributed by atoms with Gasteiger partial charge in [-0.3, -0.25) is 0 Å². The Kier molecular flexibility index (Phi) is 3.80. The highest BCUT2D eigenvalue weighted by Crippen LogP contribution is 2.36. The number of benzene rings is 1. The van der Waals surface area contributed by atoms with Crippen LogP contribution in [0.5, 0.6) is 5.75 Å². The van der Waals surface area contributed by atoms with Gasteiger partial charge in [-0.1, -0.05) is 6.07 Å². The largest absolute Gasteiger partial charge is 0.496 e. The van der Waals surface area contributed by atoms with Crippen molar-refractivity contribution in [2.45, 2.75) is 25.6 Å². The van der Waals surface area contributed by atoms with Gasteiger partial charge < -0.3 is 9.84 Å². The second kappa shape index (κ2) is 4.74. The number of ether oxygens (including phenoxy) is 1. The molecule has 1 atom stereocenters. The van der Waals surface area contributed by atoms with Crippen LogP contribution in [-0.4, -0.2) is 18.3 Å². The average molecular weight is 234 g/mol. The molecule has 0 spiro atoms. The average Bonchev–Trinajstić information content (AvgIpc) is 2.14. The summed E-state index contributed by atoms with van der Waals surface area (Å²) in [6.45, 7) is 1.57. The fraction of sp³-hybridized carbons (Fsp3) is 0.455. The molecule has 0 unspecified atom stereocenters. The molecule has 90 valence electrons. The van der Waals surface area contributed by atoms with E-state index in [0.29, 0.717) is 12.0 Å². The van der Waals surface area contributed by atoms with Crippen LogP contribution in [-0.2, 0) is 12.6 Å². The van der Waals surface area contributed by atoms with Gasteiger partial charge in [0.25, 0.3) is 0 Å². The highest BCUT2D eigenvalue weighted by atomic mass is 19.4. The number of aliphatic hydroxyl groups is 1. The molecular weight excluding hydrogens is 221 g/mol. The van der Waals surface area contributed by atoms with Crippen LogP contribution in [0.15, 0.2) is 18.2 Å². The minimum absolute atomic E-state index is 0.217. The second-order valence-electron chi connectivity index (χ2n) is 3.59. The van der Waals surface area contributed by atoms with E-state index >= 15 is 0 Å². The molecule has 0 aliphatic heterocycles. The summed E-state index contributed by atoms with van der Waals surface area (Å²) in [6.07, 6.45) is -4.72. The first kappa shape index (κ1) is 12.8. The minimum atomic E-state index is -4.42. The Labute approximate surface area is 91.7 Å². The van der Waals surface area contributed by atoms with Crippen molar-refractivity contribution in [1.82, 2.24) is 0 Å². The SMILES string of the molecule is COc1cc(C[C@@H](C)O)ccc1C(F)(F)F. The van der Waals surface area contributed by atoms with Crippen molar-refractivity contribution >= 4 is 0 Å². The maximum Gasteiger partial charge on any atom is 0.419 e. The number of rotatable bonds is 3. The van der Waals surface area contributed by atoms with Crippen LogP contribution in [0.4, 0.5) is 13.2 Å². The lowest BCUT2D eigenvalue weighted by molar-refractivity contribution is -0.138. The van der Waals surface area contributed by atoms with Crippen molar-refractivity contribution in [3.05, 3.63) is 29.3 Å². The van der Waals surface area contributed by atoms with E-state index in [0.717, 1.165) is 6.07 Å². The van der Waals surface area contributed by atoms with E-state index in [1.165, 1.54) is 19.2 Å². The maximum absolute atomic E-state index is 12.5. The van der Waals surface area contributed by atoms with E-state index in [1.54, 1.807) is 6.92 Å². The zero-order chi connectivity index (χ0) is 12.3. The third-order valence-corrected chi connectivity index (χ3v) is 2.10. The first-order valence-electron chi connectivity index (χ1n) is 4.76. The van der Waals surface area contributed by atoms with E-state index < -0.39 is 17.8 Å². The number of halogens is 3. The number of alkyl halides is 3. The summed E-state index contributed by atoms with van der Waals surface area (Å²) in [7, 11) is 1.19. The molecule has 0 saturated carbocycles. The van der Waals surface area contributed by atoms with Crippen molar-refractivity contribution in [3.63, 3.8) is 0 Å². The highest BCUT2D eigenvalue weighted by molar-refractivity contribution is 5.39. The van der Waals surface area contributed by atoms with Gasteiger partial charge >= 0.3 is 6.18 Å². The normalized spacial score (nSPS) is 13.6. The van der Waals surface area contributed by atoms with Crippen LogP contribution in [0, 0.1) is 0 Å². The van der Waals surface area contributed by atoms with Crippen LogP contribution in [0.2, 0.25) is 0 Å². The van der Waals surface area contributed by atoms with Crippen LogP contribution in [0.1, 0.15) is 18.1 Å². The molecule has 5 heteroatoms. The first-order valence-corrected chi connectivity index (χ1v) is 4.76. The van der Waals surface area contributed by atoms with E-state index in [-0.39, 0.29) is 5.75 Å². The Morgan fingerprint density at radius 3 is 2.44 bits per heavy atom. The Hall–Kier alpha value is -1.23. The van der Waals surface area contributed by atoms with Gasteiger partial charge in [-0.15, -0.1) is 0 Å². The summed E-state index contributed by atoms with van der Waals surface area (Å²) in [5.74, 6) is -0.217. The summed E-state index contributed by atoms with van der Waals surface area (Å²) in [4.78, 5) is 0. The molecule has 0 aliphatic carbocycles. The molecule has 0 aromatic heterocycles. The molecule has 0 amide bonds. The van der Waals surface area contributed by atoms with Crippen molar-refractivity contribution in [2.24, 2.45) is 0 Å². The standard InChI is InChI=1S/C11H13F3O2/c1-7(15)5-8-3-4-9(11(12,13)14)10(6-8)16-2/h3-4,6-7,15H,5H2,1-2H3/t7-/m1/s1. The van der Waals surface area contributed by atoms with E-state index in [1.807, 2.05) is 0 Å². The Morgan fingerprint density at radius 1 is 1.38 bits per heavy atom. The molecule has 1 N–H and O–H groups in total. The summed E-state index contributed by atoms with van der Waals surface area (Å²) in [5, 5.41) is 9.14. The first-order chi connectivity index (χ1) is 7.34. The Balaban J connectivity index is 3.07. The van der Waals surface area contributed by atoms with Crippen molar-refractivity contribution in [1.29, 1.82) is 0 Å². The molecular formula is C11H13F3O2. The topological polar surface area (TPSA) is 29.5 Å². The van der Waals surface area contributed by atoms with Crippen LogP contribution in [0.3, 0.4) is 0 Å². The molecule has 0 heterocycles. The van der Waals surface area contributed by atoms with Crippen LogP contribution in [0.25, 0.3) is 0 Å². The number of hydrogen-bond donors (Lipinski definition) is 1. The van der Waals surface area contributed by atoms with Gasteiger partial charge in [-0.05, 0) is 31.0 Å². The van der Waals surface area contributed by atoms with Crippen LogP contribution >= 0.6 is 0 Å². The molecule has 0 bridgehead atoms. The monoisotopic (exact) mass is 234 g/mol. The van der Waals surface area contributed by atoms with Crippen molar-refractivity contribution in [3.8, 4) is 5.75 Å².